The van der Waals surface area contributed by atoms with E-state index in [2.05, 4.69) is 249 Å². The van der Waals surface area contributed by atoms with Crippen LogP contribution < -0.4 is 0 Å². The van der Waals surface area contributed by atoms with Gasteiger partial charge >= 0.3 is 0 Å². The minimum atomic E-state index is -0.435. The Morgan fingerprint density at radius 2 is 0.471 bits per heavy atom. The fourth-order valence-corrected chi connectivity index (χ4v) is 9.68. The van der Waals surface area contributed by atoms with Crippen molar-refractivity contribution in [1.82, 2.24) is 19.9 Å². The predicted octanol–water partition coefficient (Wildman–Crippen LogP) is 16.5. The topological polar surface area (TPSA) is 51.6 Å². The highest BCUT2D eigenvalue weighted by atomic mass is 14.8. The van der Waals surface area contributed by atoms with E-state index in [0.717, 1.165) is 88.6 Å². The molecule has 0 bridgehead atoms. The molecule has 4 heterocycles. The smallest absolute Gasteiger partial charge is 0.0972 e. The zero-order chi connectivity index (χ0) is 46.8. The number of hydrogen-bond donors (Lipinski definition) is 0. The van der Waals surface area contributed by atoms with Crippen LogP contribution in [0.1, 0.15) is 76.3 Å². The first kappa shape index (κ1) is 42.8. The van der Waals surface area contributed by atoms with Crippen LogP contribution in [0.25, 0.3) is 88.6 Å². The average molecular weight is 879 g/mol. The van der Waals surface area contributed by atoms with Crippen molar-refractivity contribution in [3.63, 3.8) is 0 Å². The summed E-state index contributed by atoms with van der Waals surface area (Å²) in [4.78, 5) is 21.0. The van der Waals surface area contributed by atoms with E-state index in [1.165, 1.54) is 27.8 Å². The number of nitrogens with zero attached hydrogens (tertiary/aromatic N) is 4. The van der Waals surface area contributed by atoms with Crippen molar-refractivity contribution in [1.29, 1.82) is 0 Å². The molecule has 0 N–H and O–H groups in total. The molecule has 11 aromatic rings. The van der Waals surface area contributed by atoms with Crippen molar-refractivity contribution in [2.75, 3.05) is 0 Å². The van der Waals surface area contributed by atoms with Gasteiger partial charge in [-0.3, -0.25) is 0 Å². The van der Waals surface area contributed by atoms with Crippen molar-refractivity contribution in [3.05, 3.63) is 228 Å². The van der Waals surface area contributed by atoms with Crippen LogP contribution in [-0.4, -0.2) is 19.9 Å². The van der Waals surface area contributed by atoms with Crippen LogP contribution in [0, 0.1) is 0 Å². The van der Waals surface area contributed by atoms with E-state index in [1.54, 1.807) is 0 Å². The number of fused-ring (bicyclic) bond motifs is 6. The van der Waals surface area contributed by atoms with E-state index >= 15 is 0 Å². The zero-order valence-electron chi connectivity index (χ0n) is 39.8. The van der Waals surface area contributed by atoms with Crippen LogP contribution in [0.3, 0.4) is 0 Å². The fraction of sp³-hybridized carbons (Fsp3) is 0.156. The summed E-state index contributed by atoms with van der Waals surface area (Å²) in [6, 6.07) is 72.0. The van der Waals surface area contributed by atoms with E-state index in [4.69, 9.17) is 19.9 Å². The number of aromatic nitrogens is 4. The molecular weight excluding hydrogens is 825 g/mol. The van der Waals surface area contributed by atoms with Gasteiger partial charge in [0, 0.05) is 49.2 Å². The Balaban J connectivity index is 0.917. The SMILES string of the molecule is CC(C)(C)c1ccc(-c2ccc3ccc4ccc(-c5ccc(C(C)(c6ccccc6)c6ccc(-c7ccc8ccc9ccc(-c%10ccc(C(C)(C)C)cc%10)nc9c8n7)cc6)cc5)nc4c3n2)cc1. The summed E-state index contributed by atoms with van der Waals surface area (Å²) < 4.78 is 0. The average Bonchev–Trinajstić information content (AvgIpc) is 3.37. The lowest BCUT2D eigenvalue weighted by Gasteiger charge is -2.32. The van der Waals surface area contributed by atoms with Gasteiger partial charge in [0.05, 0.1) is 44.8 Å². The third-order valence-electron chi connectivity index (χ3n) is 14.0. The summed E-state index contributed by atoms with van der Waals surface area (Å²) in [5, 5.41) is 4.29. The molecule has 0 aliphatic heterocycles. The minimum Gasteiger partial charge on any atom is -0.245 e. The van der Waals surface area contributed by atoms with Gasteiger partial charge < -0.3 is 0 Å². The van der Waals surface area contributed by atoms with Crippen LogP contribution in [0.5, 0.6) is 0 Å². The molecule has 0 saturated carbocycles. The molecule has 0 radical (unpaired) electrons. The molecule has 0 saturated heterocycles. The minimum absolute atomic E-state index is 0.0925. The fourth-order valence-electron chi connectivity index (χ4n) is 9.68. The van der Waals surface area contributed by atoms with Gasteiger partial charge in [-0.25, -0.2) is 19.9 Å². The van der Waals surface area contributed by atoms with Crippen LogP contribution in [0.2, 0.25) is 0 Å². The first-order chi connectivity index (χ1) is 32.8. The van der Waals surface area contributed by atoms with Gasteiger partial charge in [0.15, 0.2) is 0 Å². The maximum absolute atomic E-state index is 5.29. The van der Waals surface area contributed by atoms with Crippen molar-refractivity contribution in [2.24, 2.45) is 0 Å². The molecule has 7 aromatic carbocycles. The monoisotopic (exact) mass is 878 g/mol. The molecule has 11 rings (SSSR count). The van der Waals surface area contributed by atoms with Crippen LogP contribution >= 0.6 is 0 Å². The van der Waals surface area contributed by atoms with Gasteiger partial charge in [-0.15, -0.1) is 0 Å². The third kappa shape index (κ3) is 7.80. The predicted molar refractivity (Wildman–Crippen MR) is 285 cm³/mol. The molecule has 0 spiro atoms. The summed E-state index contributed by atoms with van der Waals surface area (Å²) >= 11 is 0. The van der Waals surface area contributed by atoms with E-state index in [9.17, 15) is 0 Å². The molecule has 4 heteroatoms. The van der Waals surface area contributed by atoms with Gasteiger partial charge in [-0.05, 0) is 69.8 Å². The molecule has 0 amide bonds. The Morgan fingerprint density at radius 3 is 0.735 bits per heavy atom. The molecular formula is C64H54N4. The standard InChI is InChI=1S/C64H54N4/c1-62(2,3)49-29-17-41(18-30-49)54-37-25-45-13-15-47-27-39-56(67-60(47)58(45)65-54)43-21-33-52(34-22-43)64(7,51-11-9-8-10-12-51)53-35-23-44(24-36-53)57-40-28-48-16-14-46-26-38-55(66-59(46)61(48)68-57)42-19-31-50(32-20-42)63(4,5)6/h8-40H,1-7H3. The summed E-state index contributed by atoms with van der Waals surface area (Å²) in [6.07, 6.45) is 0. The van der Waals surface area contributed by atoms with Crippen molar-refractivity contribution < 1.29 is 0 Å². The Labute approximate surface area is 399 Å². The van der Waals surface area contributed by atoms with Gasteiger partial charge in [0.1, 0.15) is 0 Å². The second-order valence-corrected chi connectivity index (χ2v) is 20.5. The van der Waals surface area contributed by atoms with Gasteiger partial charge in [-0.1, -0.05) is 217 Å². The van der Waals surface area contributed by atoms with Crippen LogP contribution in [-0.2, 0) is 16.2 Å². The molecule has 0 atom stereocenters. The maximum Gasteiger partial charge on any atom is 0.0972 e. The van der Waals surface area contributed by atoms with E-state index < -0.39 is 5.41 Å². The van der Waals surface area contributed by atoms with Crippen molar-refractivity contribution in [2.45, 2.75) is 64.7 Å². The number of pyridine rings is 4. The Hall–Kier alpha value is -7.82. The highest BCUT2D eigenvalue weighted by Crippen LogP contribution is 2.41. The summed E-state index contributed by atoms with van der Waals surface area (Å²) in [6.45, 7) is 15.8. The third-order valence-corrected chi connectivity index (χ3v) is 14.0. The lowest BCUT2D eigenvalue weighted by atomic mass is 9.71. The Kier molecular flexibility index (Phi) is 10.4. The Bertz CT molecular complexity index is 3430. The molecule has 0 aliphatic rings. The molecule has 4 nitrogen and oxygen atoms in total. The first-order valence-electron chi connectivity index (χ1n) is 23.7. The highest BCUT2D eigenvalue weighted by molar-refractivity contribution is 6.05. The number of rotatable bonds is 7. The summed E-state index contributed by atoms with van der Waals surface area (Å²) in [5.74, 6) is 0. The first-order valence-corrected chi connectivity index (χ1v) is 23.7. The largest absolute Gasteiger partial charge is 0.245 e. The molecule has 68 heavy (non-hydrogen) atoms. The van der Waals surface area contributed by atoms with Crippen molar-refractivity contribution in [3.8, 4) is 45.0 Å². The van der Waals surface area contributed by atoms with E-state index in [-0.39, 0.29) is 10.8 Å². The lowest BCUT2D eigenvalue weighted by Crippen LogP contribution is -2.25. The van der Waals surface area contributed by atoms with Crippen molar-refractivity contribution >= 4 is 43.6 Å². The molecule has 330 valence electrons. The van der Waals surface area contributed by atoms with E-state index in [1.807, 2.05) is 0 Å². The highest BCUT2D eigenvalue weighted by Gasteiger charge is 2.31. The quantitative estimate of drug-likeness (QED) is 0.118. The van der Waals surface area contributed by atoms with Gasteiger partial charge in [0.25, 0.3) is 0 Å². The van der Waals surface area contributed by atoms with Crippen LogP contribution in [0.4, 0.5) is 0 Å². The zero-order valence-corrected chi connectivity index (χ0v) is 39.8. The normalized spacial score (nSPS) is 12.3. The number of hydrogen-bond acceptors (Lipinski definition) is 4. The van der Waals surface area contributed by atoms with Crippen LogP contribution in [0.15, 0.2) is 200 Å². The number of benzene rings is 7. The molecule has 0 unspecified atom stereocenters. The molecule has 4 aromatic heterocycles. The van der Waals surface area contributed by atoms with Gasteiger partial charge in [0.2, 0.25) is 0 Å². The van der Waals surface area contributed by atoms with Gasteiger partial charge in [-0.2, -0.15) is 0 Å². The Morgan fingerprint density at radius 1 is 0.235 bits per heavy atom. The summed E-state index contributed by atoms with van der Waals surface area (Å²) in [5.41, 5.74) is 17.7. The van der Waals surface area contributed by atoms with E-state index in [0.29, 0.717) is 0 Å². The summed E-state index contributed by atoms with van der Waals surface area (Å²) in [7, 11) is 0. The second kappa shape index (κ2) is 16.5. The second-order valence-electron chi connectivity index (χ2n) is 20.5. The lowest BCUT2D eigenvalue weighted by molar-refractivity contribution is 0.590. The molecule has 0 aliphatic carbocycles. The molecule has 0 fully saturated rings. The maximum atomic E-state index is 5.29.